The van der Waals surface area contributed by atoms with Crippen LogP contribution in [0.25, 0.3) is 0 Å². The van der Waals surface area contributed by atoms with Crippen LogP contribution in [-0.4, -0.2) is 30.0 Å². The third-order valence-corrected chi connectivity index (χ3v) is 6.06. The van der Waals surface area contributed by atoms with E-state index in [0.717, 1.165) is 12.8 Å². The van der Waals surface area contributed by atoms with Crippen molar-refractivity contribution in [3.8, 4) is 0 Å². The van der Waals surface area contributed by atoms with Crippen LogP contribution < -0.4 is 0 Å². The van der Waals surface area contributed by atoms with Crippen molar-refractivity contribution in [2.75, 3.05) is 13.2 Å². The molecule has 2 unspecified atom stereocenters. The predicted molar refractivity (Wildman–Crippen MR) is 73.9 cm³/mol. The predicted octanol–water partition coefficient (Wildman–Crippen LogP) is 2.83. The van der Waals surface area contributed by atoms with Gasteiger partial charge < -0.3 is 9.47 Å². The molecule has 0 amide bonds. The molecule has 0 heterocycles. The molecular weight excluding hydrogens is 312 g/mol. The maximum atomic E-state index is 12.1. The minimum Gasteiger partial charge on any atom is -0.465 e. The van der Waals surface area contributed by atoms with E-state index in [4.69, 9.17) is 9.47 Å². The number of ether oxygens (including phenoxy) is 2. The zero-order chi connectivity index (χ0) is 14.1. The maximum absolute atomic E-state index is 12.1. The third kappa shape index (κ3) is 2.10. The van der Waals surface area contributed by atoms with Gasteiger partial charge in [0.15, 0.2) is 0 Å². The topological polar surface area (TPSA) is 52.6 Å². The fraction of sp³-hybridized carbons (Fsp3) is 0.857. The Morgan fingerprint density at radius 2 is 1.47 bits per heavy atom. The smallest absolute Gasteiger partial charge is 0.313 e. The fourth-order valence-electron chi connectivity index (χ4n) is 3.25. The number of carbonyl (C=O) groups excluding carboxylic acids is 2. The second kappa shape index (κ2) is 5.43. The Labute approximate surface area is 122 Å². The third-order valence-electron chi connectivity index (χ3n) is 4.31. The number of hydrogen-bond donors (Lipinski definition) is 0. The van der Waals surface area contributed by atoms with Crippen LogP contribution in [-0.2, 0) is 19.1 Å². The highest BCUT2D eigenvalue weighted by atomic mass is 79.9. The van der Waals surface area contributed by atoms with Crippen molar-refractivity contribution < 1.29 is 19.1 Å². The molecule has 0 N–H and O–H groups in total. The van der Waals surface area contributed by atoms with Gasteiger partial charge in [-0.3, -0.25) is 9.59 Å². The van der Waals surface area contributed by atoms with E-state index < -0.39 is 10.8 Å². The van der Waals surface area contributed by atoms with Gasteiger partial charge in [-0.15, -0.1) is 0 Å². The lowest BCUT2D eigenvalue weighted by Crippen LogP contribution is -2.58. The van der Waals surface area contributed by atoms with Gasteiger partial charge in [0.1, 0.15) is 0 Å². The number of hydrogen-bond acceptors (Lipinski definition) is 4. The van der Waals surface area contributed by atoms with E-state index in [1.54, 1.807) is 0 Å². The number of fused-ring (bicyclic) bond motifs is 1. The van der Waals surface area contributed by atoms with Gasteiger partial charge in [-0.1, -0.05) is 29.8 Å². The lowest BCUT2D eigenvalue weighted by Gasteiger charge is -2.48. The van der Waals surface area contributed by atoms with Gasteiger partial charge in [0, 0.05) is 4.83 Å². The number of esters is 2. The van der Waals surface area contributed by atoms with Crippen LogP contribution in [0.5, 0.6) is 0 Å². The zero-order valence-corrected chi connectivity index (χ0v) is 13.1. The van der Waals surface area contributed by atoms with Gasteiger partial charge in [-0.2, -0.15) is 0 Å². The molecule has 0 saturated heterocycles. The van der Waals surface area contributed by atoms with Crippen LogP contribution in [0.3, 0.4) is 0 Å². The van der Waals surface area contributed by atoms with Crippen molar-refractivity contribution in [1.29, 1.82) is 0 Å². The van der Waals surface area contributed by atoms with Gasteiger partial charge in [0.25, 0.3) is 0 Å². The first-order valence-corrected chi connectivity index (χ1v) is 7.93. The highest BCUT2D eigenvalue weighted by Crippen LogP contribution is 2.70. The molecule has 108 valence electrons. The molecule has 3 rings (SSSR count). The van der Waals surface area contributed by atoms with Crippen LogP contribution in [0.2, 0.25) is 0 Å². The second-order valence-corrected chi connectivity index (χ2v) is 6.54. The van der Waals surface area contributed by atoms with Crippen LogP contribution in [0.4, 0.5) is 0 Å². The van der Waals surface area contributed by atoms with Crippen molar-refractivity contribution in [3.05, 3.63) is 0 Å². The SMILES string of the molecule is CCCOC(=O)C12CCC(C(=O)OCCC)(C1)C2Br. The molecule has 0 spiro atoms. The van der Waals surface area contributed by atoms with Crippen molar-refractivity contribution in [1.82, 2.24) is 0 Å². The molecule has 3 fully saturated rings. The summed E-state index contributed by atoms with van der Waals surface area (Å²) in [7, 11) is 0. The van der Waals surface area contributed by atoms with E-state index in [9.17, 15) is 9.59 Å². The lowest BCUT2D eigenvalue weighted by atomic mass is 9.60. The molecule has 0 aromatic rings. The van der Waals surface area contributed by atoms with E-state index in [2.05, 4.69) is 15.9 Å². The average molecular weight is 333 g/mol. The highest BCUT2D eigenvalue weighted by Gasteiger charge is 2.75. The fourth-order valence-corrected chi connectivity index (χ4v) is 4.40. The molecular formula is C14H21BrO4. The van der Waals surface area contributed by atoms with Crippen molar-refractivity contribution in [2.24, 2.45) is 10.8 Å². The van der Waals surface area contributed by atoms with E-state index in [-0.39, 0.29) is 16.8 Å². The number of carbonyl (C=O) groups is 2. The Morgan fingerprint density at radius 1 is 1.05 bits per heavy atom. The van der Waals surface area contributed by atoms with Gasteiger partial charge in [0.2, 0.25) is 0 Å². The van der Waals surface area contributed by atoms with Crippen molar-refractivity contribution in [2.45, 2.75) is 50.8 Å². The normalized spacial score (nSPS) is 35.6. The van der Waals surface area contributed by atoms with Gasteiger partial charge >= 0.3 is 11.9 Å². The summed E-state index contributed by atoms with van der Waals surface area (Å²) in [5.74, 6) is -0.319. The molecule has 5 heteroatoms. The van der Waals surface area contributed by atoms with Crippen LogP contribution in [0.15, 0.2) is 0 Å². The first-order chi connectivity index (χ1) is 9.03. The highest BCUT2D eigenvalue weighted by molar-refractivity contribution is 9.09. The molecule has 19 heavy (non-hydrogen) atoms. The number of halogens is 1. The molecule has 3 aliphatic rings. The Kier molecular flexibility index (Phi) is 4.23. The number of rotatable bonds is 6. The minimum absolute atomic E-state index is 0.138. The Bertz CT molecular complexity index is 350. The summed E-state index contributed by atoms with van der Waals surface area (Å²) in [6.45, 7) is 4.85. The van der Waals surface area contributed by atoms with E-state index >= 15 is 0 Å². The van der Waals surface area contributed by atoms with Crippen LogP contribution in [0.1, 0.15) is 46.0 Å². The number of alkyl halides is 1. The van der Waals surface area contributed by atoms with E-state index in [1.807, 2.05) is 13.8 Å². The molecule has 0 aromatic carbocycles. The van der Waals surface area contributed by atoms with Crippen LogP contribution >= 0.6 is 15.9 Å². The first-order valence-electron chi connectivity index (χ1n) is 7.02. The summed E-state index contributed by atoms with van der Waals surface area (Å²) >= 11 is 3.55. The van der Waals surface area contributed by atoms with Gasteiger partial charge in [-0.05, 0) is 32.1 Å². The van der Waals surface area contributed by atoms with Crippen molar-refractivity contribution >= 4 is 27.9 Å². The first kappa shape index (κ1) is 14.8. The Morgan fingerprint density at radius 3 is 1.79 bits per heavy atom. The van der Waals surface area contributed by atoms with Gasteiger partial charge in [0.05, 0.1) is 24.0 Å². The molecule has 2 atom stereocenters. The van der Waals surface area contributed by atoms with E-state index in [0.29, 0.717) is 32.5 Å². The molecule has 0 aromatic heterocycles. The Hall–Kier alpha value is -0.580. The largest absolute Gasteiger partial charge is 0.465 e. The van der Waals surface area contributed by atoms with E-state index in [1.165, 1.54) is 0 Å². The summed E-state index contributed by atoms with van der Waals surface area (Å²) in [5.41, 5.74) is -0.999. The standard InChI is InChI=1S/C14H21BrO4/c1-3-7-18-11(16)13-5-6-14(9-13,10(13)15)12(17)19-8-4-2/h10H,3-9H2,1-2H3. The maximum Gasteiger partial charge on any atom is 0.313 e. The summed E-state index contributed by atoms with van der Waals surface area (Å²) in [5, 5.41) is 0. The second-order valence-electron chi connectivity index (χ2n) is 5.62. The summed E-state index contributed by atoms with van der Waals surface area (Å²) in [4.78, 5) is 24.2. The van der Waals surface area contributed by atoms with Crippen LogP contribution in [0, 0.1) is 10.8 Å². The van der Waals surface area contributed by atoms with Crippen molar-refractivity contribution in [3.63, 3.8) is 0 Å². The molecule has 4 nitrogen and oxygen atoms in total. The average Bonchev–Trinajstić information content (AvgIpc) is 2.96. The van der Waals surface area contributed by atoms with Gasteiger partial charge in [-0.25, -0.2) is 0 Å². The zero-order valence-electron chi connectivity index (χ0n) is 11.5. The lowest BCUT2D eigenvalue weighted by molar-refractivity contribution is -0.173. The molecule has 2 bridgehead atoms. The summed E-state index contributed by atoms with van der Waals surface area (Å²) < 4.78 is 10.5. The summed E-state index contributed by atoms with van der Waals surface area (Å²) in [6.07, 6.45) is 3.64. The summed E-state index contributed by atoms with van der Waals surface area (Å²) in [6, 6.07) is 0. The molecule has 3 saturated carbocycles. The Balaban J connectivity index is 2.01. The molecule has 0 radical (unpaired) electrons. The molecule has 0 aliphatic heterocycles. The monoisotopic (exact) mass is 332 g/mol. The quantitative estimate of drug-likeness (QED) is 0.554. The minimum atomic E-state index is -0.500. The molecule has 3 aliphatic carbocycles.